The summed E-state index contributed by atoms with van der Waals surface area (Å²) in [6, 6.07) is 8.03. The summed E-state index contributed by atoms with van der Waals surface area (Å²) in [5.74, 6) is -0.915. The zero-order chi connectivity index (χ0) is 17.4. The van der Waals surface area contributed by atoms with Crippen LogP contribution in [0.3, 0.4) is 0 Å². The van der Waals surface area contributed by atoms with Gasteiger partial charge in [-0.05, 0) is 24.3 Å². The highest BCUT2D eigenvalue weighted by atomic mass is 32.2. The summed E-state index contributed by atoms with van der Waals surface area (Å²) in [5, 5.41) is 18.8. The van der Waals surface area contributed by atoms with E-state index in [1.165, 1.54) is 23.9 Å². The van der Waals surface area contributed by atoms with E-state index in [1.54, 1.807) is 19.1 Å². The number of halogens is 3. The van der Waals surface area contributed by atoms with Gasteiger partial charge in [-0.3, -0.25) is 0 Å². The third-order valence-corrected chi connectivity index (χ3v) is 4.95. The summed E-state index contributed by atoms with van der Waals surface area (Å²) in [6.07, 6.45) is -3.89. The number of hydrogen-bond donors (Lipinski definition) is 1. The van der Waals surface area contributed by atoms with Crippen LogP contribution in [0.15, 0.2) is 35.2 Å². The van der Waals surface area contributed by atoms with E-state index in [2.05, 4.69) is 0 Å². The van der Waals surface area contributed by atoms with Gasteiger partial charge in [0.2, 0.25) is 0 Å². The molecule has 2 unspecified atom stereocenters. The molecule has 7 heteroatoms. The van der Waals surface area contributed by atoms with E-state index in [0.717, 1.165) is 12.1 Å². The molecule has 1 aliphatic rings. The molecular weight excluding hydrogens is 339 g/mol. The second kappa shape index (κ2) is 6.38. The third kappa shape index (κ3) is 2.95. The van der Waals surface area contributed by atoms with Crippen molar-refractivity contribution in [3.05, 3.63) is 52.8 Å². The van der Waals surface area contributed by atoms with Crippen LogP contribution >= 0.6 is 11.8 Å². The van der Waals surface area contributed by atoms with Crippen LogP contribution in [0, 0.1) is 17.1 Å². The summed E-state index contributed by atoms with van der Waals surface area (Å²) >= 11 is 1.31. The van der Waals surface area contributed by atoms with E-state index in [0.29, 0.717) is 4.90 Å². The summed E-state index contributed by atoms with van der Waals surface area (Å²) in [7, 11) is 0. The van der Waals surface area contributed by atoms with Crippen molar-refractivity contribution in [1.82, 2.24) is 0 Å². The van der Waals surface area contributed by atoms with Crippen LogP contribution in [0.25, 0.3) is 0 Å². The minimum absolute atomic E-state index is 0.0222. The first-order valence-corrected chi connectivity index (χ1v) is 7.97. The largest absolute Gasteiger partial charge is 0.457 e. The number of benzene rings is 2. The Labute approximate surface area is 140 Å². The van der Waals surface area contributed by atoms with Crippen molar-refractivity contribution < 1.29 is 23.0 Å². The van der Waals surface area contributed by atoms with Gasteiger partial charge in [0, 0.05) is 21.8 Å². The number of nitriles is 1. The predicted molar refractivity (Wildman–Crippen MR) is 82.9 cm³/mol. The van der Waals surface area contributed by atoms with Crippen LogP contribution in [-0.2, 0) is 0 Å². The first-order valence-electron chi connectivity index (χ1n) is 7.09. The molecule has 0 saturated carbocycles. The molecule has 2 atom stereocenters. The number of rotatable bonds is 3. The first-order chi connectivity index (χ1) is 11.4. The summed E-state index contributed by atoms with van der Waals surface area (Å²) in [5.41, 5.74) is -0.231. The van der Waals surface area contributed by atoms with Crippen molar-refractivity contribution in [2.24, 2.45) is 0 Å². The molecule has 0 fully saturated rings. The van der Waals surface area contributed by atoms with Crippen LogP contribution < -0.4 is 4.74 Å². The molecule has 1 N–H and O–H groups in total. The van der Waals surface area contributed by atoms with Crippen LogP contribution in [0.5, 0.6) is 11.5 Å². The summed E-state index contributed by atoms with van der Waals surface area (Å²) in [4.78, 5) is 0.578. The number of ether oxygens (including phenoxy) is 1. The Kier molecular flexibility index (Phi) is 4.43. The Morgan fingerprint density at radius 2 is 2.04 bits per heavy atom. The van der Waals surface area contributed by atoms with Gasteiger partial charge >= 0.3 is 0 Å². The Morgan fingerprint density at radius 1 is 1.29 bits per heavy atom. The van der Waals surface area contributed by atoms with E-state index in [9.17, 15) is 18.3 Å². The lowest BCUT2D eigenvalue weighted by Crippen LogP contribution is -2.08. The number of aliphatic hydroxyl groups excluding tert-OH is 1. The van der Waals surface area contributed by atoms with Gasteiger partial charge in [0.25, 0.3) is 6.43 Å². The molecule has 0 spiro atoms. The van der Waals surface area contributed by atoms with Crippen molar-refractivity contribution in [1.29, 1.82) is 5.26 Å². The zero-order valence-corrected chi connectivity index (χ0v) is 13.3. The lowest BCUT2D eigenvalue weighted by atomic mass is 10.00. The number of aliphatic hydroxyl groups is 1. The molecule has 3 nitrogen and oxygen atoms in total. The van der Waals surface area contributed by atoms with Crippen molar-refractivity contribution in [3.8, 4) is 17.6 Å². The number of alkyl halides is 2. The van der Waals surface area contributed by atoms with Gasteiger partial charge in [0.1, 0.15) is 17.3 Å². The molecule has 0 aromatic heterocycles. The highest BCUT2D eigenvalue weighted by molar-refractivity contribution is 8.00. The van der Waals surface area contributed by atoms with E-state index in [-0.39, 0.29) is 27.9 Å². The maximum absolute atomic E-state index is 13.6. The van der Waals surface area contributed by atoms with Gasteiger partial charge in [-0.25, -0.2) is 13.2 Å². The SMILES string of the molecule is CC1Sc2ccc(Oc3cc(F)cc(C#N)c3)c(C(F)F)c2C1O. The number of thioether (sulfide) groups is 1. The smallest absolute Gasteiger partial charge is 0.267 e. The van der Waals surface area contributed by atoms with Crippen LogP contribution in [0.1, 0.15) is 36.1 Å². The molecule has 0 radical (unpaired) electrons. The van der Waals surface area contributed by atoms with E-state index < -0.39 is 23.9 Å². The quantitative estimate of drug-likeness (QED) is 0.850. The Hall–Kier alpha value is -2.17. The van der Waals surface area contributed by atoms with Gasteiger partial charge in [-0.1, -0.05) is 6.92 Å². The lowest BCUT2D eigenvalue weighted by molar-refractivity contribution is 0.133. The summed E-state index contributed by atoms with van der Waals surface area (Å²) < 4.78 is 46.1. The molecular formula is C17H12F3NO2S. The molecule has 24 heavy (non-hydrogen) atoms. The lowest BCUT2D eigenvalue weighted by Gasteiger charge is -2.17. The molecule has 3 rings (SSSR count). The van der Waals surface area contributed by atoms with Crippen LogP contribution in [0.2, 0.25) is 0 Å². The van der Waals surface area contributed by atoms with Crippen molar-refractivity contribution in [2.75, 3.05) is 0 Å². The molecule has 1 heterocycles. The molecule has 0 aliphatic carbocycles. The molecule has 124 valence electrons. The first kappa shape index (κ1) is 16.7. The fourth-order valence-electron chi connectivity index (χ4n) is 2.63. The second-order valence-electron chi connectivity index (χ2n) is 5.35. The van der Waals surface area contributed by atoms with E-state index in [1.807, 2.05) is 0 Å². The average molecular weight is 351 g/mol. The van der Waals surface area contributed by atoms with E-state index in [4.69, 9.17) is 10.00 Å². The minimum atomic E-state index is -2.86. The zero-order valence-electron chi connectivity index (χ0n) is 12.5. The highest BCUT2D eigenvalue weighted by Gasteiger charge is 2.35. The minimum Gasteiger partial charge on any atom is -0.457 e. The van der Waals surface area contributed by atoms with Gasteiger partial charge in [-0.2, -0.15) is 5.26 Å². The monoisotopic (exact) mass is 351 g/mol. The molecule has 2 aromatic carbocycles. The van der Waals surface area contributed by atoms with Crippen molar-refractivity contribution >= 4 is 11.8 Å². The van der Waals surface area contributed by atoms with Crippen LogP contribution in [-0.4, -0.2) is 10.4 Å². The van der Waals surface area contributed by atoms with Crippen molar-refractivity contribution in [3.63, 3.8) is 0 Å². The van der Waals surface area contributed by atoms with E-state index >= 15 is 0 Å². The molecule has 0 amide bonds. The molecule has 0 saturated heterocycles. The maximum atomic E-state index is 13.6. The standard InChI is InChI=1S/C17H12F3NO2S/c1-8-16(22)15-13(24-8)3-2-12(14(15)17(19)20)23-11-5-9(7-21)4-10(18)6-11/h2-6,8,16-17,22H,1H3. The van der Waals surface area contributed by atoms with Gasteiger partial charge < -0.3 is 9.84 Å². The number of nitrogens with zero attached hydrogens (tertiary/aromatic N) is 1. The third-order valence-electron chi connectivity index (χ3n) is 3.71. The second-order valence-corrected chi connectivity index (χ2v) is 6.77. The Morgan fingerprint density at radius 3 is 2.71 bits per heavy atom. The van der Waals surface area contributed by atoms with Gasteiger partial charge in [-0.15, -0.1) is 11.8 Å². The van der Waals surface area contributed by atoms with Crippen LogP contribution in [0.4, 0.5) is 13.2 Å². The summed E-state index contributed by atoms with van der Waals surface area (Å²) in [6.45, 7) is 1.75. The molecule has 0 bridgehead atoms. The molecule has 2 aromatic rings. The normalized spacial score (nSPS) is 19.2. The van der Waals surface area contributed by atoms with Gasteiger partial charge in [0.15, 0.2) is 0 Å². The topological polar surface area (TPSA) is 53.2 Å². The fourth-order valence-corrected chi connectivity index (χ4v) is 3.80. The fraction of sp³-hybridized carbons (Fsp3) is 0.235. The number of hydrogen-bond acceptors (Lipinski definition) is 4. The molecule has 1 aliphatic heterocycles. The average Bonchev–Trinajstić information content (AvgIpc) is 2.81. The van der Waals surface area contributed by atoms with Gasteiger partial charge in [0.05, 0.1) is 23.3 Å². The highest BCUT2D eigenvalue weighted by Crippen LogP contribution is 2.50. The maximum Gasteiger partial charge on any atom is 0.267 e. The predicted octanol–water partition coefficient (Wildman–Crippen LogP) is 4.95. The van der Waals surface area contributed by atoms with Crippen molar-refractivity contribution in [2.45, 2.75) is 29.6 Å². The Balaban J connectivity index is 2.07. The number of fused-ring (bicyclic) bond motifs is 1. The Bertz CT molecular complexity index is 835.